The van der Waals surface area contributed by atoms with Gasteiger partial charge in [-0.2, -0.15) is 0 Å². The van der Waals surface area contributed by atoms with Crippen LogP contribution in [0.4, 0.5) is 0 Å². The smallest absolute Gasteiger partial charge is 0.221 e. The number of fused-ring (bicyclic) bond motifs is 1. The summed E-state index contributed by atoms with van der Waals surface area (Å²) >= 11 is 0. The molecule has 24 heavy (non-hydrogen) atoms. The Morgan fingerprint density at radius 2 is 1.96 bits per heavy atom. The molecule has 1 saturated heterocycles. The molecule has 0 spiro atoms. The van der Waals surface area contributed by atoms with Gasteiger partial charge in [0.2, 0.25) is 11.8 Å². The lowest BCUT2D eigenvalue weighted by Crippen LogP contribution is -2.42. The summed E-state index contributed by atoms with van der Waals surface area (Å²) in [5.41, 5.74) is 0. The standard InChI is InChI=1S/C17H26N6O/c1-12-14(17-21-18-13(2)24-17)7-6-9-22(12)11-16-20-19-15-8-4-3-5-10-23(15)16/h12,14H,3-11H2,1-2H3/t12-,14-/m0/s1. The van der Waals surface area contributed by atoms with Crippen LogP contribution in [0.15, 0.2) is 4.42 Å². The number of hydrogen-bond acceptors (Lipinski definition) is 6. The van der Waals surface area contributed by atoms with Crippen LogP contribution in [-0.2, 0) is 19.5 Å². The van der Waals surface area contributed by atoms with Crippen LogP contribution in [0.2, 0.25) is 0 Å². The highest BCUT2D eigenvalue weighted by molar-refractivity contribution is 5.03. The predicted molar refractivity (Wildman–Crippen MR) is 88.5 cm³/mol. The Kier molecular flexibility index (Phi) is 4.35. The monoisotopic (exact) mass is 330 g/mol. The van der Waals surface area contributed by atoms with Crippen LogP contribution in [0.25, 0.3) is 0 Å². The van der Waals surface area contributed by atoms with E-state index in [2.05, 4.69) is 36.8 Å². The quantitative estimate of drug-likeness (QED) is 0.861. The van der Waals surface area contributed by atoms with E-state index in [0.29, 0.717) is 17.9 Å². The van der Waals surface area contributed by atoms with E-state index in [1.165, 1.54) is 19.3 Å². The van der Waals surface area contributed by atoms with Crippen LogP contribution in [-0.4, -0.2) is 42.4 Å². The summed E-state index contributed by atoms with van der Waals surface area (Å²) in [6, 6.07) is 0.373. The van der Waals surface area contributed by atoms with Gasteiger partial charge in [-0.3, -0.25) is 4.90 Å². The van der Waals surface area contributed by atoms with Gasteiger partial charge in [0.25, 0.3) is 0 Å². The third-order valence-corrected chi connectivity index (χ3v) is 5.51. The Bertz CT molecular complexity index is 693. The SMILES string of the molecule is Cc1nnc([C@H]2CCCN(Cc3nnc4n3CCCCC4)[C@H]2C)o1. The summed E-state index contributed by atoms with van der Waals surface area (Å²) in [7, 11) is 0. The zero-order valence-electron chi connectivity index (χ0n) is 14.6. The number of rotatable bonds is 3. The topological polar surface area (TPSA) is 72.9 Å². The van der Waals surface area contributed by atoms with Gasteiger partial charge in [0, 0.05) is 25.9 Å². The lowest BCUT2D eigenvalue weighted by Gasteiger charge is -2.37. The summed E-state index contributed by atoms with van der Waals surface area (Å²) in [4.78, 5) is 2.50. The zero-order valence-corrected chi connectivity index (χ0v) is 14.6. The van der Waals surface area contributed by atoms with Gasteiger partial charge in [-0.05, 0) is 39.2 Å². The summed E-state index contributed by atoms with van der Waals surface area (Å²) in [5.74, 6) is 4.02. The van der Waals surface area contributed by atoms with Crippen LogP contribution in [0.5, 0.6) is 0 Å². The number of nitrogens with zero attached hydrogens (tertiary/aromatic N) is 6. The molecule has 4 rings (SSSR count). The molecule has 0 aromatic carbocycles. The van der Waals surface area contributed by atoms with Crippen molar-refractivity contribution in [1.29, 1.82) is 0 Å². The summed E-state index contributed by atoms with van der Waals surface area (Å²) in [6.07, 6.45) is 7.08. The fourth-order valence-electron chi connectivity index (χ4n) is 4.07. The average molecular weight is 330 g/mol. The third kappa shape index (κ3) is 2.97. The molecular formula is C17H26N6O. The number of piperidine rings is 1. The van der Waals surface area contributed by atoms with E-state index in [1.54, 1.807) is 0 Å². The molecule has 0 N–H and O–H groups in total. The number of hydrogen-bond donors (Lipinski definition) is 0. The Hall–Kier alpha value is -1.76. The van der Waals surface area contributed by atoms with Gasteiger partial charge in [-0.25, -0.2) is 0 Å². The van der Waals surface area contributed by atoms with Crippen LogP contribution < -0.4 is 0 Å². The fourth-order valence-corrected chi connectivity index (χ4v) is 4.07. The summed E-state index contributed by atoms with van der Waals surface area (Å²) in [5, 5.41) is 17.2. The highest BCUT2D eigenvalue weighted by Gasteiger charge is 2.33. The van der Waals surface area contributed by atoms with Crippen molar-refractivity contribution in [2.24, 2.45) is 0 Å². The van der Waals surface area contributed by atoms with E-state index in [1.807, 2.05) is 6.92 Å². The zero-order chi connectivity index (χ0) is 16.5. The molecule has 0 aliphatic carbocycles. The first-order chi connectivity index (χ1) is 11.7. The number of aryl methyl sites for hydroxylation is 2. The van der Waals surface area contributed by atoms with Gasteiger partial charge in [0.15, 0.2) is 0 Å². The molecule has 1 fully saturated rings. The molecule has 0 unspecified atom stereocenters. The third-order valence-electron chi connectivity index (χ3n) is 5.51. The first kappa shape index (κ1) is 15.7. The molecule has 0 amide bonds. The maximum atomic E-state index is 5.70. The molecule has 2 aromatic heterocycles. The molecule has 7 nitrogen and oxygen atoms in total. The minimum absolute atomic E-state index is 0.312. The molecule has 2 aromatic rings. The molecule has 4 heterocycles. The van der Waals surface area contributed by atoms with Crippen LogP contribution in [0.3, 0.4) is 0 Å². The van der Waals surface area contributed by atoms with Crippen LogP contribution >= 0.6 is 0 Å². The molecular weight excluding hydrogens is 304 g/mol. The second-order valence-corrected chi connectivity index (χ2v) is 7.11. The van der Waals surface area contributed by atoms with E-state index in [9.17, 15) is 0 Å². The first-order valence-electron chi connectivity index (χ1n) is 9.17. The second-order valence-electron chi connectivity index (χ2n) is 7.11. The molecule has 2 aliphatic heterocycles. The Balaban J connectivity index is 1.51. The molecule has 0 bridgehead atoms. The van der Waals surface area contributed by atoms with Gasteiger partial charge in [-0.15, -0.1) is 20.4 Å². The molecule has 7 heteroatoms. The first-order valence-corrected chi connectivity index (χ1v) is 9.17. The Morgan fingerprint density at radius 1 is 1.04 bits per heavy atom. The molecule has 2 atom stereocenters. The second kappa shape index (κ2) is 6.63. The Morgan fingerprint density at radius 3 is 2.79 bits per heavy atom. The fraction of sp³-hybridized carbons (Fsp3) is 0.765. The average Bonchev–Trinajstić information content (AvgIpc) is 3.09. The van der Waals surface area contributed by atoms with E-state index < -0.39 is 0 Å². The Labute approximate surface area is 142 Å². The number of likely N-dealkylation sites (tertiary alicyclic amines) is 1. The van der Waals surface area contributed by atoms with Crippen molar-refractivity contribution in [2.45, 2.75) is 77.4 Å². The largest absolute Gasteiger partial charge is 0.425 e. The van der Waals surface area contributed by atoms with Crippen LogP contribution in [0, 0.1) is 6.92 Å². The van der Waals surface area contributed by atoms with Crippen molar-refractivity contribution in [3.8, 4) is 0 Å². The van der Waals surface area contributed by atoms with Gasteiger partial charge in [-0.1, -0.05) is 6.42 Å². The predicted octanol–water partition coefficient (Wildman–Crippen LogP) is 2.46. The normalized spacial score (nSPS) is 25.4. The lowest BCUT2D eigenvalue weighted by molar-refractivity contribution is 0.114. The van der Waals surface area contributed by atoms with Gasteiger partial charge in [0.1, 0.15) is 11.6 Å². The summed E-state index contributed by atoms with van der Waals surface area (Å²) < 4.78 is 8.05. The molecule has 2 aliphatic rings. The van der Waals surface area contributed by atoms with Crippen molar-refractivity contribution >= 4 is 0 Å². The molecule has 130 valence electrons. The van der Waals surface area contributed by atoms with E-state index in [0.717, 1.165) is 56.4 Å². The van der Waals surface area contributed by atoms with Gasteiger partial charge >= 0.3 is 0 Å². The van der Waals surface area contributed by atoms with E-state index >= 15 is 0 Å². The summed E-state index contributed by atoms with van der Waals surface area (Å²) in [6.45, 7) is 7.13. The van der Waals surface area contributed by atoms with Gasteiger partial charge in [0.05, 0.1) is 12.5 Å². The van der Waals surface area contributed by atoms with E-state index in [4.69, 9.17) is 4.42 Å². The lowest BCUT2D eigenvalue weighted by atomic mass is 9.90. The van der Waals surface area contributed by atoms with Gasteiger partial charge < -0.3 is 8.98 Å². The maximum absolute atomic E-state index is 5.70. The van der Waals surface area contributed by atoms with E-state index in [-0.39, 0.29) is 0 Å². The van der Waals surface area contributed by atoms with Crippen molar-refractivity contribution in [3.63, 3.8) is 0 Å². The minimum atomic E-state index is 0.312. The van der Waals surface area contributed by atoms with Crippen molar-refractivity contribution in [1.82, 2.24) is 29.9 Å². The molecule has 0 radical (unpaired) electrons. The highest BCUT2D eigenvalue weighted by Crippen LogP contribution is 2.32. The number of aromatic nitrogens is 5. The van der Waals surface area contributed by atoms with Crippen molar-refractivity contribution < 1.29 is 4.42 Å². The highest BCUT2D eigenvalue weighted by atomic mass is 16.4. The maximum Gasteiger partial charge on any atom is 0.221 e. The minimum Gasteiger partial charge on any atom is -0.425 e. The molecule has 0 saturated carbocycles. The van der Waals surface area contributed by atoms with Crippen molar-refractivity contribution in [2.75, 3.05) is 6.54 Å². The van der Waals surface area contributed by atoms with Crippen LogP contribution in [0.1, 0.15) is 68.4 Å². The van der Waals surface area contributed by atoms with Crippen molar-refractivity contribution in [3.05, 3.63) is 23.4 Å².